The van der Waals surface area contributed by atoms with Crippen LogP contribution >= 0.6 is 11.3 Å². The molecule has 0 saturated heterocycles. The van der Waals surface area contributed by atoms with E-state index in [0.717, 1.165) is 21.9 Å². The van der Waals surface area contributed by atoms with Crippen molar-refractivity contribution < 1.29 is 19.0 Å². The largest absolute Gasteiger partial charge is 0.493 e. The van der Waals surface area contributed by atoms with Crippen molar-refractivity contribution in [1.29, 1.82) is 5.26 Å². The molecule has 1 aromatic heterocycles. The highest BCUT2D eigenvalue weighted by atomic mass is 32.1. The Morgan fingerprint density at radius 3 is 2.49 bits per heavy atom. The molecule has 0 radical (unpaired) electrons. The number of methoxy groups -OCH3 is 1. The van der Waals surface area contributed by atoms with E-state index in [1.54, 1.807) is 18.2 Å². The average Bonchev–Trinajstić information content (AvgIpc) is 3.31. The van der Waals surface area contributed by atoms with E-state index >= 15 is 0 Å². The van der Waals surface area contributed by atoms with Crippen molar-refractivity contribution in [2.75, 3.05) is 25.6 Å². The van der Waals surface area contributed by atoms with E-state index in [1.807, 2.05) is 52.0 Å². The van der Waals surface area contributed by atoms with E-state index in [4.69, 9.17) is 14.2 Å². The van der Waals surface area contributed by atoms with Gasteiger partial charge in [0.15, 0.2) is 11.5 Å². The lowest BCUT2D eigenvalue weighted by Gasteiger charge is -2.13. The number of hydrogen-bond donors (Lipinski definition) is 1. The van der Waals surface area contributed by atoms with Crippen molar-refractivity contribution in [3.8, 4) is 23.3 Å². The zero-order valence-corrected chi connectivity index (χ0v) is 21.2. The quantitative estimate of drug-likeness (QED) is 0.233. The monoisotopic (exact) mass is 492 g/mol. The molecule has 3 aromatic rings. The average molecular weight is 493 g/mol. The highest BCUT2D eigenvalue weighted by Crippen LogP contribution is 2.29. The highest BCUT2D eigenvalue weighted by molar-refractivity contribution is 7.15. The molecule has 3 rings (SSSR count). The fraction of sp³-hybridized carbons (Fsp3) is 0.308. The molecule has 35 heavy (non-hydrogen) atoms. The van der Waals surface area contributed by atoms with Gasteiger partial charge in [-0.3, -0.25) is 10.1 Å². The fourth-order valence-electron chi connectivity index (χ4n) is 3.06. The van der Waals surface area contributed by atoms with Crippen molar-refractivity contribution in [1.82, 2.24) is 10.2 Å². The van der Waals surface area contributed by atoms with Crippen LogP contribution in [-0.4, -0.2) is 36.4 Å². The minimum atomic E-state index is -0.554. The van der Waals surface area contributed by atoms with Gasteiger partial charge in [0.1, 0.15) is 35.6 Å². The molecular formula is C26H28N4O4S. The van der Waals surface area contributed by atoms with Gasteiger partial charge in [0.25, 0.3) is 5.91 Å². The number of nitriles is 1. The van der Waals surface area contributed by atoms with Gasteiger partial charge in [0.2, 0.25) is 5.13 Å². The molecule has 0 saturated carbocycles. The first kappa shape index (κ1) is 25.7. The normalized spacial score (nSPS) is 11.2. The maximum absolute atomic E-state index is 12.6. The zero-order chi connectivity index (χ0) is 25.4. The minimum Gasteiger partial charge on any atom is -0.493 e. The molecule has 0 bridgehead atoms. The summed E-state index contributed by atoms with van der Waals surface area (Å²) < 4.78 is 17.1. The second-order valence-electron chi connectivity index (χ2n) is 8.10. The number of amides is 1. The topological polar surface area (TPSA) is 106 Å². The Hall–Kier alpha value is -3.90. The molecule has 2 aromatic carbocycles. The number of nitrogens with zero attached hydrogens (tertiary/aromatic N) is 3. The number of anilines is 1. The summed E-state index contributed by atoms with van der Waals surface area (Å²) in [6.07, 6.45) is 1.48. The number of ether oxygens (including phenoxy) is 3. The number of hydrogen-bond acceptors (Lipinski definition) is 8. The van der Waals surface area contributed by atoms with Crippen molar-refractivity contribution in [3.63, 3.8) is 0 Å². The number of carbonyl (C=O) groups excluding carboxylic acids is 1. The third-order valence-electron chi connectivity index (χ3n) is 4.96. The summed E-state index contributed by atoms with van der Waals surface area (Å²) in [7, 11) is 1.53. The van der Waals surface area contributed by atoms with Crippen LogP contribution < -0.4 is 19.5 Å². The zero-order valence-electron chi connectivity index (χ0n) is 20.4. The Bertz CT molecular complexity index is 1260. The van der Waals surface area contributed by atoms with E-state index in [0.29, 0.717) is 35.4 Å². The van der Waals surface area contributed by atoms with E-state index in [2.05, 4.69) is 15.5 Å². The van der Waals surface area contributed by atoms with Crippen molar-refractivity contribution in [2.45, 2.75) is 33.6 Å². The summed E-state index contributed by atoms with van der Waals surface area (Å²) in [5, 5.41) is 21.3. The number of nitrogens with one attached hydrogen (secondary N) is 1. The molecule has 1 heterocycles. The van der Waals surface area contributed by atoms with Crippen molar-refractivity contribution in [3.05, 3.63) is 63.7 Å². The molecule has 0 aliphatic carbocycles. The molecule has 0 fully saturated rings. The Kier molecular flexibility index (Phi) is 8.81. The van der Waals surface area contributed by atoms with Gasteiger partial charge in [-0.25, -0.2) is 0 Å². The van der Waals surface area contributed by atoms with Gasteiger partial charge in [-0.1, -0.05) is 43.4 Å². The predicted molar refractivity (Wildman–Crippen MR) is 136 cm³/mol. The summed E-state index contributed by atoms with van der Waals surface area (Å²) in [4.78, 5) is 12.6. The third kappa shape index (κ3) is 7.04. The first-order valence-electron chi connectivity index (χ1n) is 11.1. The predicted octanol–water partition coefficient (Wildman–Crippen LogP) is 5.29. The lowest BCUT2D eigenvalue weighted by atomic mass is 10.1. The molecule has 0 spiro atoms. The van der Waals surface area contributed by atoms with Gasteiger partial charge in [-0.05, 0) is 54.8 Å². The van der Waals surface area contributed by atoms with Crippen LogP contribution in [0, 0.1) is 25.2 Å². The van der Waals surface area contributed by atoms with Crippen LogP contribution in [0.5, 0.6) is 17.2 Å². The second kappa shape index (κ2) is 12.0. The number of benzene rings is 2. The third-order valence-corrected chi connectivity index (χ3v) is 6.10. The maximum Gasteiger partial charge on any atom is 0.268 e. The van der Waals surface area contributed by atoms with Crippen LogP contribution in [0.2, 0.25) is 0 Å². The van der Waals surface area contributed by atoms with Gasteiger partial charge in [-0.2, -0.15) is 5.26 Å². The van der Waals surface area contributed by atoms with Gasteiger partial charge in [-0.15, -0.1) is 10.2 Å². The lowest BCUT2D eigenvalue weighted by molar-refractivity contribution is -0.112. The molecule has 0 unspecified atom stereocenters. The first-order chi connectivity index (χ1) is 16.8. The van der Waals surface area contributed by atoms with E-state index in [-0.39, 0.29) is 11.5 Å². The van der Waals surface area contributed by atoms with Gasteiger partial charge < -0.3 is 14.2 Å². The minimum absolute atomic E-state index is 0.0658. The maximum atomic E-state index is 12.6. The SMILES string of the molecule is COc1cc(/C=C(/C#N)C(=O)Nc2nnc(C(C)C)s2)ccc1OCCOc1cc(C)ccc1C. The van der Waals surface area contributed by atoms with Crippen molar-refractivity contribution in [2.24, 2.45) is 0 Å². The van der Waals surface area contributed by atoms with E-state index in [1.165, 1.54) is 24.5 Å². The van der Waals surface area contributed by atoms with E-state index in [9.17, 15) is 10.1 Å². The van der Waals surface area contributed by atoms with Crippen molar-refractivity contribution >= 4 is 28.5 Å². The Labute approximate surface area is 209 Å². The number of rotatable bonds is 10. The van der Waals surface area contributed by atoms with Crippen LogP contribution in [0.3, 0.4) is 0 Å². The first-order valence-corrected chi connectivity index (χ1v) is 11.9. The highest BCUT2D eigenvalue weighted by Gasteiger charge is 2.15. The summed E-state index contributed by atoms with van der Waals surface area (Å²) in [5.74, 6) is 1.50. The summed E-state index contributed by atoms with van der Waals surface area (Å²) in [5.41, 5.74) is 2.75. The number of aromatic nitrogens is 2. The Morgan fingerprint density at radius 1 is 1.09 bits per heavy atom. The summed E-state index contributed by atoms with van der Waals surface area (Å²) in [6.45, 7) is 8.70. The molecular weight excluding hydrogens is 464 g/mol. The lowest BCUT2D eigenvalue weighted by Crippen LogP contribution is -2.13. The van der Waals surface area contributed by atoms with Gasteiger partial charge >= 0.3 is 0 Å². The molecule has 1 amide bonds. The second-order valence-corrected chi connectivity index (χ2v) is 9.11. The van der Waals surface area contributed by atoms with Crippen LogP contribution in [0.1, 0.15) is 41.5 Å². The van der Waals surface area contributed by atoms with Crippen LogP contribution in [0.4, 0.5) is 5.13 Å². The van der Waals surface area contributed by atoms with Crippen LogP contribution in [0.25, 0.3) is 6.08 Å². The van der Waals surface area contributed by atoms with Gasteiger partial charge in [0, 0.05) is 5.92 Å². The standard InChI is InChI=1S/C26H28N4O4S/c1-16(2)25-29-30-26(35-25)28-24(31)20(15-27)13-19-8-9-21(23(14-19)32-5)33-10-11-34-22-12-17(3)6-7-18(22)4/h6-9,12-14,16H,10-11H2,1-5H3,(H,28,30,31)/b20-13-. The molecule has 1 N–H and O–H groups in total. The molecule has 182 valence electrons. The Morgan fingerprint density at radius 2 is 1.83 bits per heavy atom. The fourth-order valence-corrected chi connectivity index (χ4v) is 3.80. The smallest absolute Gasteiger partial charge is 0.268 e. The van der Waals surface area contributed by atoms with Crippen LogP contribution in [0.15, 0.2) is 42.0 Å². The van der Waals surface area contributed by atoms with Crippen LogP contribution in [-0.2, 0) is 4.79 Å². The number of aryl methyl sites for hydroxylation is 2. The summed E-state index contributed by atoms with van der Waals surface area (Å²) >= 11 is 1.28. The Balaban J connectivity index is 1.63. The molecule has 8 nitrogen and oxygen atoms in total. The molecule has 0 aliphatic rings. The number of carbonyl (C=O) groups is 1. The molecule has 9 heteroatoms. The molecule has 0 atom stereocenters. The van der Waals surface area contributed by atoms with E-state index < -0.39 is 5.91 Å². The van der Waals surface area contributed by atoms with Gasteiger partial charge in [0.05, 0.1) is 7.11 Å². The molecule has 0 aliphatic heterocycles. The summed E-state index contributed by atoms with van der Waals surface area (Å²) in [6, 6.07) is 13.2.